The number of aromatic nitrogens is 3. The summed E-state index contributed by atoms with van der Waals surface area (Å²) in [6.45, 7) is 0.499. The number of aliphatic hydroxyl groups is 1. The summed E-state index contributed by atoms with van der Waals surface area (Å²) in [4.78, 5) is 13.7. The Hall–Kier alpha value is -2.47. The molecule has 0 amide bonds. The fourth-order valence-electron chi connectivity index (χ4n) is 3.14. The maximum absolute atomic E-state index is 13.1. The predicted molar refractivity (Wildman–Crippen MR) is 81.0 cm³/mol. The Balaban J connectivity index is 1.78. The number of nitrogens with zero attached hydrogens (tertiary/aromatic N) is 3. The average molecular weight is 298 g/mol. The maximum Gasteiger partial charge on any atom is 0.142 e. The SMILES string of the molecule is O[C@H]1C[C@@H](c2ccc(F)cc2)N(c2ncnc3[nH]ccc23)C1. The van der Waals surface area contributed by atoms with Crippen LogP contribution in [0.4, 0.5) is 10.2 Å². The summed E-state index contributed by atoms with van der Waals surface area (Å²) >= 11 is 0. The number of H-pyrrole nitrogens is 1. The number of hydrogen-bond donors (Lipinski definition) is 2. The number of aromatic amines is 1. The molecule has 1 aliphatic rings. The van der Waals surface area contributed by atoms with Crippen molar-refractivity contribution in [2.24, 2.45) is 0 Å². The minimum Gasteiger partial charge on any atom is -0.391 e. The fraction of sp³-hybridized carbons (Fsp3) is 0.250. The molecular weight excluding hydrogens is 283 g/mol. The summed E-state index contributed by atoms with van der Waals surface area (Å²) in [7, 11) is 0. The summed E-state index contributed by atoms with van der Waals surface area (Å²) < 4.78 is 13.1. The van der Waals surface area contributed by atoms with Crippen LogP contribution in [-0.4, -0.2) is 32.7 Å². The molecule has 0 aliphatic carbocycles. The molecule has 1 fully saturated rings. The van der Waals surface area contributed by atoms with Crippen molar-refractivity contribution in [3.63, 3.8) is 0 Å². The van der Waals surface area contributed by atoms with E-state index < -0.39 is 6.10 Å². The molecule has 6 heteroatoms. The van der Waals surface area contributed by atoms with Crippen molar-refractivity contribution in [3.8, 4) is 0 Å². The number of hydrogen-bond acceptors (Lipinski definition) is 4. The van der Waals surface area contributed by atoms with Gasteiger partial charge in [0, 0.05) is 12.7 Å². The minimum atomic E-state index is -0.431. The topological polar surface area (TPSA) is 65.0 Å². The highest BCUT2D eigenvalue weighted by Gasteiger charge is 2.34. The van der Waals surface area contributed by atoms with Crippen LogP contribution in [0.15, 0.2) is 42.9 Å². The number of rotatable bonds is 2. The Bertz CT molecular complexity index is 801. The fourth-order valence-corrected chi connectivity index (χ4v) is 3.14. The van der Waals surface area contributed by atoms with Crippen molar-refractivity contribution in [3.05, 3.63) is 54.2 Å². The highest BCUT2D eigenvalue weighted by atomic mass is 19.1. The molecule has 0 saturated carbocycles. The Morgan fingerprint density at radius 2 is 2.00 bits per heavy atom. The van der Waals surface area contributed by atoms with Crippen molar-refractivity contribution in [2.45, 2.75) is 18.6 Å². The van der Waals surface area contributed by atoms with Crippen LogP contribution in [0.1, 0.15) is 18.0 Å². The third kappa shape index (κ3) is 2.12. The first-order chi connectivity index (χ1) is 10.7. The van der Waals surface area contributed by atoms with E-state index in [1.165, 1.54) is 18.5 Å². The van der Waals surface area contributed by atoms with Crippen LogP contribution in [0.2, 0.25) is 0 Å². The van der Waals surface area contributed by atoms with Gasteiger partial charge >= 0.3 is 0 Å². The van der Waals surface area contributed by atoms with Gasteiger partial charge in [-0.05, 0) is 30.2 Å². The molecule has 3 aromatic rings. The van der Waals surface area contributed by atoms with E-state index in [4.69, 9.17) is 0 Å². The summed E-state index contributed by atoms with van der Waals surface area (Å²) in [6.07, 6.45) is 3.50. The second kappa shape index (κ2) is 5.06. The van der Waals surface area contributed by atoms with Crippen molar-refractivity contribution < 1.29 is 9.50 Å². The zero-order chi connectivity index (χ0) is 15.1. The Kier molecular flexibility index (Phi) is 3.04. The molecule has 0 spiro atoms. The quantitative estimate of drug-likeness (QED) is 0.762. The van der Waals surface area contributed by atoms with E-state index in [9.17, 15) is 9.50 Å². The largest absolute Gasteiger partial charge is 0.391 e. The summed E-state index contributed by atoms with van der Waals surface area (Å²) in [5.74, 6) is 0.529. The molecule has 2 aromatic heterocycles. The van der Waals surface area contributed by atoms with Crippen LogP contribution >= 0.6 is 0 Å². The zero-order valence-electron chi connectivity index (χ0n) is 11.8. The first-order valence-corrected chi connectivity index (χ1v) is 7.20. The van der Waals surface area contributed by atoms with E-state index in [0.29, 0.717) is 13.0 Å². The number of benzene rings is 1. The van der Waals surface area contributed by atoms with Gasteiger partial charge in [0.25, 0.3) is 0 Å². The minimum absolute atomic E-state index is 0.0244. The van der Waals surface area contributed by atoms with Crippen molar-refractivity contribution >= 4 is 16.9 Å². The first-order valence-electron chi connectivity index (χ1n) is 7.20. The average Bonchev–Trinajstić information content (AvgIpc) is 3.14. The van der Waals surface area contributed by atoms with Crippen LogP contribution < -0.4 is 4.90 Å². The van der Waals surface area contributed by atoms with Gasteiger partial charge in [-0.1, -0.05) is 12.1 Å². The molecule has 1 saturated heterocycles. The lowest BCUT2D eigenvalue weighted by Crippen LogP contribution is -2.25. The van der Waals surface area contributed by atoms with Crippen LogP contribution in [0.5, 0.6) is 0 Å². The maximum atomic E-state index is 13.1. The first kappa shape index (κ1) is 13.2. The molecular formula is C16H15FN4O. The Morgan fingerprint density at radius 1 is 1.18 bits per heavy atom. The van der Waals surface area contributed by atoms with Gasteiger partial charge in [0.05, 0.1) is 17.5 Å². The van der Waals surface area contributed by atoms with Gasteiger partial charge in [-0.2, -0.15) is 0 Å². The van der Waals surface area contributed by atoms with E-state index >= 15 is 0 Å². The molecule has 2 atom stereocenters. The third-order valence-corrected chi connectivity index (χ3v) is 4.14. The van der Waals surface area contributed by atoms with Gasteiger partial charge in [0.1, 0.15) is 23.6 Å². The standard InChI is InChI=1S/C16H15FN4O/c17-11-3-1-10(2-4-11)14-7-12(22)8-21(14)16-13-5-6-18-15(13)19-9-20-16/h1-6,9,12,14,22H,7-8H2,(H,18,19,20)/t12-,14-/m0/s1. The van der Waals surface area contributed by atoms with Gasteiger partial charge in [-0.25, -0.2) is 14.4 Å². The number of β-amino-alcohol motifs (C(OH)–C–C–N with tert-alkyl or cyclic N) is 1. The Labute approximate surface area is 126 Å². The molecule has 0 unspecified atom stereocenters. The van der Waals surface area contributed by atoms with Crippen molar-refractivity contribution in [1.29, 1.82) is 0 Å². The lowest BCUT2D eigenvalue weighted by molar-refractivity contribution is 0.194. The van der Waals surface area contributed by atoms with Gasteiger partial charge in [0.15, 0.2) is 0 Å². The van der Waals surface area contributed by atoms with Gasteiger partial charge in [-0.3, -0.25) is 0 Å². The molecule has 1 aliphatic heterocycles. The monoisotopic (exact) mass is 298 g/mol. The molecule has 5 nitrogen and oxygen atoms in total. The number of anilines is 1. The summed E-state index contributed by atoms with van der Waals surface area (Å²) in [6, 6.07) is 8.33. The number of aliphatic hydroxyl groups excluding tert-OH is 1. The summed E-state index contributed by atoms with van der Waals surface area (Å²) in [5.41, 5.74) is 1.74. The zero-order valence-corrected chi connectivity index (χ0v) is 11.8. The Morgan fingerprint density at radius 3 is 2.82 bits per heavy atom. The molecule has 1 aromatic carbocycles. The van der Waals surface area contributed by atoms with Crippen LogP contribution in [0.3, 0.4) is 0 Å². The lowest BCUT2D eigenvalue weighted by atomic mass is 10.0. The van der Waals surface area contributed by atoms with E-state index in [1.54, 1.807) is 12.1 Å². The molecule has 4 rings (SSSR count). The van der Waals surface area contributed by atoms with E-state index in [-0.39, 0.29) is 11.9 Å². The second-order valence-corrected chi connectivity index (χ2v) is 5.55. The molecule has 22 heavy (non-hydrogen) atoms. The van der Waals surface area contributed by atoms with Crippen molar-refractivity contribution in [1.82, 2.24) is 15.0 Å². The predicted octanol–water partition coefficient (Wildman–Crippen LogP) is 2.41. The van der Waals surface area contributed by atoms with Crippen LogP contribution in [-0.2, 0) is 0 Å². The number of halogens is 1. The number of nitrogens with one attached hydrogen (secondary N) is 1. The summed E-state index contributed by atoms with van der Waals surface area (Å²) in [5, 5.41) is 11.0. The van der Waals surface area contributed by atoms with Gasteiger partial charge in [0.2, 0.25) is 0 Å². The molecule has 0 bridgehead atoms. The molecule has 0 radical (unpaired) electrons. The van der Waals surface area contributed by atoms with Crippen molar-refractivity contribution in [2.75, 3.05) is 11.4 Å². The number of fused-ring (bicyclic) bond motifs is 1. The highest BCUT2D eigenvalue weighted by Crippen LogP contribution is 2.37. The molecule has 112 valence electrons. The molecule has 3 heterocycles. The van der Waals surface area contributed by atoms with Gasteiger partial charge < -0.3 is 15.0 Å². The lowest BCUT2D eigenvalue weighted by Gasteiger charge is -2.26. The third-order valence-electron chi connectivity index (χ3n) is 4.14. The van der Waals surface area contributed by atoms with Gasteiger partial charge in [-0.15, -0.1) is 0 Å². The molecule has 2 N–H and O–H groups in total. The second-order valence-electron chi connectivity index (χ2n) is 5.55. The van der Waals surface area contributed by atoms with E-state index in [1.807, 2.05) is 12.3 Å². The van der Waals surface area contributed by atoms with Crippen LogP contribution in [0.25, 0.3) is 11.0 Å². The highest BCUT2D eigenvalue weighted by molar-refractivity contribution is 5.87. The van der Waals surface area contributed by atoms with E-state index in [0.717, 1.165) is 22.4 Å². The smallest absolute Gasteiger partial charge is 0.142 e. The van der Waals surface area contributed by atoms with Crippen LogP contribution in [0, 0.1) is 5.82 Å². The normalized spacial score (nSPS) is 21.6. The van der Waals surface area contributed by atoms with E-state index in [2.05, 4.69) is 19.9 Å².